The Morgan fingerprint density at radius 2 is 1.69 bits per heavy atom. The Morgan fingerprint density at radius 3 is 2.38 bits per heavy atom. The third kappa shape index (κ3) is 3.56. The van der Waals surface area contributed by atoms with Crippen molar-refractivity contribution in [2.75, 3.05) is 23.3 Å². The summed E-state index contributed by atoms with van der Waals surface area (Å²) in [5.41, 5.74) is 2.39. The van der Waals surface area contributed by atoms with Crippen LogP contribution in [0.3, 0.4) is 0 Å². The third-order valence-electron chi connectivity index (χ3n) is 4.88. The fourth-order valence-electron chi connectivity index (χ4n) is 3.42. The van der Waals surface area contributed by atoms with Crippen molar-refractivity contribution in [3.8, 4) is 5.75 Å². The van der Waals surface area contributed by atoms with Gasteiger partial charge >= 0.3 is 0 Å². The average molecular weight is 408 g/mol. The number of fused-ring (bicyclic) bond motifs is 1. The molecule has 4 rings (SSSR count). The number of rotatable bonds is 5. The molecule has 1 aliphatic heterocycles. The minimum atomic E-state index is -3.77. The maximum atomic E-state index is 13.3. The highest BCUT2D eigenvalue weighted by atomic mass is 32.2. The van der Waals surface area contributed by atoms with Crippen LogP contribution in [0.15, 0.2) is 77.7 Å². The highest BCUT2D eigenvalue weighted by molar-refractivity contribution is 7.92. The molecule has 0 aromatic heterocycles. The topological polar surface area (TPSA) is 75.7 Å². The van der Waals surface area contributed by atoms with E-state index < -0.39 is 10.0 Å². The Bertz CT molecular complexity index is 1140. The summed E-state index contributed by atoms with van der Waals surface area (Å²) in [7, 11) is -2.24. The van der Waals surface area contributed by atoms with Crippen LogP contribution in [0.5, 0.6) is 5.75 Å². The maximum absolute atomic E-state index is 13.3. The number of benzene rings is 3. The highest BCUT2D eigenvalue weighted by Gasteiger charge is 2.33. The highest BCUT2D eigenvalue weighted by Crippen LogP contribution is 2.39. The third-order valence-corrected chi connectivity index (χ3v) is 6.70. The molecule has 148 valence electrons. The first-order valence-electron chi connectivity index (χ1n) is 9.16. The molecule has 0 unspecified atom stereocenters. The average Bonchev–Trinajstić information content (AvgIpc) is 3.20. The monoisotopic (exact) mass is 408 g/mol. The van der Waals surface area contributed by atoms with Gasteiger partial charge < -0.3 is 10.1 Å². The largest absolute Gasteiger partial charge is 0.497 e. The Hall–Kier alpha value is -3.32. The van der Waals surface area contributed by atoms with E-state index in [9.17, 15) is 13.2 Å². The van der Waals surface area contributed by atoms with Crippen LogP contribution < -0.4 is 14.4 Å². The standard InChI is InChI=1S/C22H20N2O4S/c1-28-18-10-12-19(13-11-18)29(26,27)24-15-14-16-8-5-9-20(21(16)24)23-22(25)17-6-3-2-4-7-17/h2-13H,14-15H2,1H3,(H,23,25). The van der Waals surface area contributed by atoms with E-state index in [0.717, 1.165) is 5.56 Å². The van der Waals surface area contributed by atoms with E-state index in [4.69, 9.17) is 4.74 Å². The zero-order chi connectivity index (χ0) is 20.4. The van der Waals surface area contributed by atoms with Gasteiger partial charge in [0.1, 0.15) is 5.75 Å². The molecule has 1 N–H and O–H groups in total. The Morgan fingerprint density at radius 1 is 0.966 bits per heavy atom. The number of para-hydroxylation sites is 1. The molecule has 0 atom stereocenters. The molecule has 0 saturated heterocycles. The van der Waals surface area contributed by atoms with Crippen LogP contribution in [0.2, 0.25) is 0 Å². The van der Waals surface area contributed by atoms with Crippen molar-refractivity contribution < 1.29 is 17.9 Å². The molecule has 29 heavy (non-hydrogen) atoms. The second-order valence-corrected chi connectivity index (χ2v) is 8.50. The lowest BCUT2D eigenvalue weighted by Crippen LogP contribution is -2.30. The smallest absolute Gasteiger partial charge is 0.264 e. The maximum Gasteiger partial charge on any atom is 0.264 e. The summed E-state index contributed by atoms with van der Waals surface area (Å²) in [5.74, 6) is 0.300. The number of nitrogens with zero attached hydrogens (tertiary/aromatic N) is 1. The molecule has 3 aromatic rings. The van der Waals surface area contributed by atoms with Crippen LogP contribution in [0, 0.1) is 0 Å². The summed E-state index contributed by atoms with van der Waals surface area (Å²) >= 11 is 0. The predicted molar refractivity (Wildman–Crippen MR) is 112 cm³/mol. The van der Waals surface area contributed by atoms with Gasteiger partial charge in [-0.3, -0.25) is 9.10 Å². The minimum Gasteiger partial charge on any atom is -0.497 e. The lowest BCUT2D eigenvalue weighted by molar-refractivity contribution is 0.102. The SMILES string of the molecule is COc1ccc(S(=O)(=O)N2CCc3cccc(NC(=O)c4ccccc4)c32)cc1. The number of amides is 1. The molecule has 1 heterocycles. The molecule has 1 amide bonds. The molecular formula is C22H20N2O4S. The van der Waals surface area contributed by atoms with Crippen LogP contribution in [0.25, 0.3) is 0 Å². The van der Waals surface area contributed by atoms with E-state index in [2.05, 4.69) is 5.32 Å². The Balaban J connectivity index is 1.70. The van der Waals surface area contributed by atoms with E-state index in [1.54, 1.807) is 42.5 Å². The number of ether oxygens (including phenoxy) is 1. The fourth-order valence-corrected chi connectivity index (χ4v) is 4.94. The Labute approximate surface area is 169 Å². The molecule has 0 fully saturated rings. The van der Waals surface area contributed by atoms with Crippen LogP contribution >= 0.6 is 0 Å². The lowest BCUT2D eigenvalue weighted by atomic mass is 10.1. The van der Waals surface area contributed by atoms with Crippen LogP contribution in [-0.2, 0) is 16.4 Å². The van der Waals surface area contributed by atoms with Gasteiger partial charge in [-0.15, -0.1) is 0 Å². The van der Waals surface area contributed by atoms with E-state index in [1.165, 1.54) is 23.5 Å². The number of sulfonamides is 1. The second kappa shape index (κ2) is 7.60. The summed E-state index contributed by atoms with van der Waals surface area (Å²) < 4.78 is 33.0. The molecule has 0 aliphatic carbocycles. The summed E-state index contributed by atoms with van der Waals surface area (Å²) in [5, 5.41) is 2.87. The van der Waals surface area contributed by atoms with E-state index in [0.29, 0.717) is 35.7 Å². The quantitative estimate of drug-likeness (QED) is 0.699. The zero-order valence-electron chi connectivity index (χ0n) is 15.8. The van der Waals surface area contributed by atoms with Gasteiger partial charge in [-0.2, -0.15) is 0 Å². The number of methoxy groups -OCH3 is 1. The first kappa shape index (κ1) is 19.0. The molecule has 0 saturated carbocycles. The van der Waals surface area contributed by atoms with Crippen molar-refractivity contribution in [3.63, 3.8) is 0 Å². The van der Waals surface area contributed by atoms with Crippen LogP contribution in [0.1, 0.15) is 15.9 Å². The number of nitrogens with one attached hydrogen (secondary N) is 1. The molecule has 0 spiro atoms. The number of hydrogen-bond acceptors (Lipinski definition) is 4. The minimum absolute atomic E-state index is 0.176. The fraction of sp³-hybridized carbons (Fsp3) is 0.136. The van der Waals surface area contributed by atoms with E-state index in [1.807, 2.05) is 18.2 Å². The molecule has 6 nitrogen and oxygen atoms in total. The normalized spacial score (nSPS) is 13.1. The van der Waals surface area contributed by atoms with Crippen LogP contribution in [0.4, 0.5) is 11.4 Å². The van der Waals surface area contributed by atoms with Crippen molar-refractivity contribution in [2.45, 2.75) is 11.3 Å². The first-order valence-corrected chi connectivity index (χ1v) is 10.6. The van der Waals surface area contributed by atoms with Gasteiger partial charge in [-0.05, 0) is 54.4 Å². The van der Waals surface area contributed by atoms with Gasteiger partial charge in [0.2, 0.25) is 0 Å². The number of hydrogen-bond donors (Lipinski definition) is 1. The number of carbonyl (C=O) groups excluding carboxylic acids is 1. The summed E-state index contributed by atoms with van der Waals surface area (Å²) in [4.78, 5) is 12.8. The van der Waals surface area contributed by atoms with Gasteiger partial charge in [0.05, 0.1) is 23.4 Å². The second-order valence-electron chi connectivity index (χ2n) is 6.64. The summed E-state index contributed by atoms with van der Waals surface area (Å²) in [6.07, 6.45) is 0.583. The molecule has 1 aliphatic rings. The molecule has 7 heteroatoms. The zero-order valence-corrected chi connectivity index (χ0v) is 16.6. The van der Waals surface area contributed by atoms with Gasteiger partial charge in [-0.25, -0.2) is 8.42 Å². The van der Waals surface area contributed by atoms with Crippen molar-refractivity contribution in [2.24, 2.45) is 0 Å². The van der Waals surface area contributed by atoms with Gasteiger partial charge in [0, 0.05) is 12.1 Å². The summed E-state index contributed by atoms with van der Waals surface area (Å²) in [6, 6.07) is 20.5. The molecule has 0 radical (unpaired) electrons. The van der Waals surface area contributed by atoms with Gasteiger partial charge in [0.25, 0.3) is 15.9 Å². The predicted octanol–water partition coefficient (Wildman–Crippen LogP) is 3.70. The number of carbonyl (C=O) groups is 1. The van der Waals surface area contributed by atoms with Crippen molar-refractivity contribution in [1.29, 1.82) is 0 Å². The number of anilines is 2. The van der Waals surface area contributed by atoms with Gasteiger partial charge in [-0.1, -0.05) is 30.3 Å². The van der Waals surface area contributed by atoms with Crippen molar-refractivity contribution in [3.05, 3.63) is 83.9 Å². The van der Waals surface area contributed by atoms with Gasteiger partial charge in [0.15, 0.2) is 0 Å². The summed E-state index contributed by atoms with van der Waals surface area (Å²) in [6.45, 7) is 0.321. The van der Waals surface area contributed by atoms with E-state index >= 15 is 0 Å². The lowest BCUT2D eigenvalue weighted by Gasteiger charge is -2.22. The molecule has 0 bridgehead atoms. The van der Waals surface area contributed by atoms with Crippen LogP contribution in [-0.4, -0.2) is 28.0 Å². The molecular weight excluding hydrogens is 388 g/mol. The first-order chi connectivity index (χ1) is 14.0. The molecule has 3 aromatic carbocycles. The van der Waals surface area contributed by atoms with E-state index in [-0.39, 0.29) is 10.8 Å². The van der Waals surface area contributed by atoms with Crippen molar-refractivity contribution in [1.82, 2.24) is 0 Å². The Kier molecular flexibility index (Phi) is 4.98. The van der Waals surface area contributed by atoms with Crippen molar-refractivity contribution >= 4 is 27.3 Å².